The Labute approximate surface area is 129 Å². The van der Waals surface area contributed by atoms with E-state index in [1.54, 1.807) is 7.11 Å². The predicted molar refractivity (Wildman–Crippen MR) is 86.5 cm³/mol. The van der Waals surface area contributed by atoms with Gasteiger partial charge in [-0.05, 0) is 37.5 Å². The maximum atomic E-state index is 5.49. The lowest BCUT2D eigenvalue weighted by Gasteiger charge is -2.38. The SMILES string of the molecule is COc1c(CNC2CC(C)CCC2C(C)C)c(C)nn1C. The van der Waals surface area contributed by atoms with Crippen LogP contribution in [0.15, 0.2) is 0 Å². The van der Waals surface area contributed by atoms with Gasteiger partial charge in [0, 0.05) is 19.6 Å². The maximum absolute atomic E-state index is 5.49. The van der Waals surface area contributed by atoms with Crippen molar-refractivity contribution in [1.29, 1.82) is 0 Å². The van der Waals surface area contributed by atoms with Crippen molar-refractivity contribution in [3.8, 4) is 5.88 Å². The summed E-state index contributed by atoms with van der Waals surface area (Å²) in [6.45, 7) is 9.99. The van der Waals surface area contributed by atoms with Crippen LogP contribution >= 0.6 is 0 Å². The molecular weight excluding hydrogens is 262 g/mol. The van der Waals surface area contributed by atoms with E-state index in [9.17, 15) is 0 Å². The standard InChI is InChI=1S/C17H31N3O/c1-11(2)14-8-7-12(3)9-16(14)18-10-15-13(4)19-20(5)17(15)21-6/h11-12,14,16,18H,7-10H2,1-6H3. The van der Waals surface area contributed by atoms with Crippen LogP contribution in [0.4, 0.5) is 0 Å². The third-order valence-electron chi connectivity index (χ3n) is 5.05. The van der Waals surface area contributed by atoms with Gasteiger partial charge in [-0.1, -0.05) is 27.2 Å². The predicted octanol–water partition coefficient (Wildman–Crippen LogP) is 3.29. The Morgan fingerprint density at radius 2 is 2.10 bits per heavy atom. The lowest BCUT2D eigenvalue weighted by Crippen LogP contribution is -2.42. The number of aromatic nitrogens is 2. The van der Waals surface area contributed by atoms with Gasteiger partial charge < -0.3 is 10.1 Å². The number of hydrogen-bond acceptors (Lipinski definition) is 3. The van der Waals surface area contributed by atoms with Gasteiger partial charge in [0.25, 0.3) is 0 Å². The summed E-state index contributed by atoms with van der Waals surface area (Å²) < 4.78 is 7.32. The van der Waals surface area contributed by atoms with Gasteiger partial charge in [0.2, 0.25) is 5.88 Å². The first-order chi connectivity index (χ1) is 9.93. The topological polar surface area (TPSA) is 39.1 Å². The highest BCUT2D eigenvalue weighted by Gasteiger charge is 2.30. The number of rotatable bonds is 5. The molecule has 0 aliphatic heterocycles. The summed E-state index contributed by atoms with van der Waals surface area (Å²) in [5.41, 5.74) is 2.26. The molecule has 1 aromatic rings. The summed E-state index contributed by atoms with van der Waals surface area (Å²) in [4.78, 5) is 0. The molecule has 1 aliphatic carbocycles. The number of nitrogens with one attached hydrogen (secondary N) is 1. The molecule has 1 N–H and O–H groups in total. The molecule has 1 aliphatic rings. The van der Waals surface area contributed by atoms with Crippen molar-refractivity contribution in [1.82, 2.24) is 15.1 Å². The largest absolute Gasteiger partial charge is 0.481 e. The monoisotopic (exact) mass is 293 g/mol. The third kappa shape index (κ3) is 3.60. The van der Waals surface area contributed by atoms with Gasteiger partial charge in [0.15, 0.2) is 0 Å². The maximum Gasteiger partial charge on any atom is 0.216 e. The molecule has 1 saturated carbocycles. The van der Waals surface area contributed by atoms with Crippen molar-refractivity contribution in [3.63, 3.8) is 0 Å². The lowest BCUT2D eigenvalue weighted by atomic mass is 9.74. The number of aryl methyl sites for hydroxylation is 2. The number of methoxy groups -OCH3 is 1. The fraction of sp³-hybridized carbons (Fsp3) is 0.824. The van der Waals surface area contributed by atoms with Gasteiger partial charge in [-0.2, -0.15) is 5.10 Å². The fourth-order valence-corrected chi connectivity index (χ4v) is 3.81. The minimum Gasteiger partial charge on any atom is -0.481 e. The first kappa shape index (κ1) is 16.3. The van der Waals surface area contributed by atoms with Crippen LogP contribution in [0, 0.1) is 24.7 Å². The zero-order valence-electron chi connectivity index (χ0n) is 14.4. The van der Waals surface area contributed by atoms with E-state index in [4.69, 9.17) is 4.74 Å². The Bertz CT molecular complexity index is 467. The van der Waals surface area contributed by atoms with Crippen LogP contribution in [-0.4, -0.2) is 22.9 Å². The number of hydrogen-bond donors (Lipinski definition) is 1. The average molecular weight is 293 g/mol. The third-order valence-corrected chi connectivity index (χ3v) is 5.05. The highest BCUT2D eigenvalue weighted by Crippen LogP contribution is 2.34. The van der Waals surface area contributed by atoms with Crippen LogP contribution < -0.4 is 10.1 Å². The average Bonchev–Trinajstić information content (AvgIpc) is 2.69. The first-order valence-corrected chi connectivity index (χ1v) is 8.23. The smallest absolute Gasteiger partial charge is 0.216 e. The number of nitrogens with zero attached hydrogens (tertiary/aromatic N) is 2. The molecular formula is C17H31N3O. The summed E-state index contributed by atoms with van der Waals surface area (Å²) in [7, 11) is 3.66. The zero-order valence-corrected chi connectivity index (χ0v) is 14.4. The summed E-state index contributed by atoms with van der Waals surface area (Å²) in [5.74, 6) is 3.23. The Hall–Kier alpha value is -1.03. The van der Waals surface area contributed by atoms with E-state index in [1.165, 1.54) is 24.8 Å². The lowest BCUT2D eigenvalue weighted by molar-refractivity contribution is 0.168. The van der Waals surface area contributed by atoms with Crippen LogP contribution in [0.3, 0.4) is 0 Å². The Morgan fingerprint density at radius 3 is 2.71 bits per heavy atom. The van der Waals surface area contributed by atoms with E-state index in [0.29, 0.717) is 6.04 Å². The molecule has 1 heterocycles. The molecule has 120 valence electrons. The van der Waals surface area contributed by atoms with Gasteiger partial charge in [-0.3, -0.25) is 0 Å². The van der Waals surface area contributed by atoms with E-state index in [1.807, 2.05) is 11.7 Å². The molecule has 1 fully saturated rings. The van der Waals surface area contributed by atoms with E-state index in [-0.39, 0.29) is 0 Å². The molecule has 0 radical (unpaired) electrons. The van der Waals surface area contributed by atoms with E-state index in [0.717, 1.165) is 35.9 Å². The molecule has 0 spiro atoms. The second kappa shape index (κ2) is 6.82. The van der Waals surface area contributed by atoms with Crippen molar-refractivity contribution in [2.24, 2.45) is 24.8 Å². The van der Waals surface area contributed by atoms with Gasteiger partial charge in [-0.25, -0.2) is 4.68 Å². The van der Waals surface area contributed by atoms with Crippen molar-refractivity contribution < 1.29 is 4.74 Å². The molecule has 0 amide bonds. The second-order valence-corrected chi connectivity index (χ2v) is 7.01. The summed E-state index contributed by atoms with van der Waals surface area (Å²) >= 11 is 0. The molecule has 3 unspecified atom stereocenters. The molecule has 21 heavy (non-hydrogen) atoms. The van der Waals surface area contributed by atoms with Gasteiger partial charge in [0.1, 0.15) is 0 Å². The van der Waals surface area contributed by atoms with Crippen molar-refractivity contribution in [2.45, 2.75) is 59.5 Å². The van der Waals surface area contributed by atoms with Crippen LogP contribution in [0.2, 0.25) is 0 Å². The van der Waals surface area contributed by atoms with Gasteiger partial charge >= 0.3 is 0 Å². The van der Waals surface area contributed by atoms with Crippen LogP contribution in [-0.2, 0) is 13.6 Å². The van der Waals surface area contributed by atoms with Crippen molar-refractivity contribution in [3.05, 3.63) is 11.3 Å². The van der Waals surface area contributed by atoms with Gasteiger partial charge in [0.05, 0.1) is 18.4 Å². The fourth-order valence-electron chi connectivity index (χ4n) is 3.81. The minimum atomic E-state index is 0.609. The molecule has 4 heteroatoms. The summed E-state index contributed by atoms with van der Waals surface area (Å²) in [5, 5.41) is 8.26. The highest BCUT2D eigenvalue weighted by atomic mass is 16.5. The van der Waals surface area contributed by atoms with Crippen LogP contribution in [0.1, 0.15) is 51.3 Å². The molecule has 0 aromatic carbocycles. The normalized spacial score (nSPS) is 26.3. The molecule has 4 nitrogen and oxygen atoms in total. The molecule has 1 aromatic heterocycles. The Morgan fingerprint density at radius 1 is 1.38 bits per heavy atom. The molecule has 3 atom stereocenters. The summed E-state index contributed by atoms with van der Waals surface area (Å²) in [6, 6.07) is 0.609. The second-order valence-electron chi connectivity index (χ2n) is 7.01. The highest BCUT2D eigenvalue weighted by molar-refractivity contribution is 5.30. The van der Waals surface area contributed by atoms with Crippen molar-refractivity contribution in [2.75, 3.05) is 7.11 Å². The molecule has 0 bridgehead atoms. The Balaban J connectivity index is 2.07. The van der Waals surface area contributed by atoms with Gasteiger partial charge in [-0.15, -0.1) is 0 Å². The van der Waals surface area contributed by atoms with Crippen LogP contribution in [0.25, 0.3) is 0 Å². The van der Waals surface area contributed by atoms with E-state index in [2.05, 4.69) is 38.1 Å². The van der Waals surface area contributed by atoms with Crippen molar-refractivity contribution >= 4 is 0 Å². The van der Waals surface area contributed by atoms with E-state index < -0.39 is 0 Å². The minimum absolute atomic E-state index is 0.609. The zero-order chi connectivity index (χ0) is 15.6. The summed E-state index contributed by atoms with van der Waals surface area (Å²) in [6.07, 6.45) is 4.00. The van der Waals surface area contributed by atoms with E-state index >= 15 is 0 Å². The van der Waals surface area contributed by atoms with Crippen LogP contribution in [0.5, 0.6) is 5.88 Å². The Kier molecular flexibility index (Phi) is 5.31. The quantitative estimate of drug-likeness (QED) is 0.905. The molecule has 2 rings (SSSR count). The number of ether oxygens (including phenoxy) is 1. The molecule has 0 saturated heterocycles. The first-order valence-electron chi connectivity index (χ1n) is 8.23.